The largest absolute Gasteiger partial charge is 0.378 e. The van der Waals surface area contributed by atoms with Crippen LogP contribution in [0.2, 0.25) is 10.0 Å². The third-order valence-corrected chi connectivity index (χ3v) is 3.76. The predicted molar refractivity (Wildman–Crippen MR) is 72.8 cm³/mol. The molecule has 1 heterocycles. The molecule has 0 saturated carbocycles. The molecule has 0 bridgehead atoms. The Bertz CT molecular complexity index is 596. The Hall–Kier alpha value is -1.28. The molecule has 6 heteroatoms. The van der Waals surface area contributed by atoms with Crippen molar-refractivity contribution in [3.63, 3.8) is 0 Å². The van der Waals surface area contributed by atoms with E-state index in [-0.39, 0.29) is 10.0 Å². The van der Waals surface area contributed by atoms with E-state index in [4.69, 9.17) is 28.5 Å². The van der Waals surface area contributed by atoms with Gasteiger partial charge in [-0.3, -0.25) is 0 Å². The van der Waals surface area contributed by atoms with Crippen LogP contribution in [0.4, 0.5) is 10.1 Å². The first-order valence-electron chi connectivity index (χ1n) is 4.96. The summed E-state index contributed by atoms with van der Waals surface area (Å²) in [6.45, 7) is 0.484. The average molecular weight is 301 g/mol. The molecule has 0 aliphatic heterocycles. The summed E-state index contributed by atoms with van der Waals surface area (Å²) in [6, 6.07) is 6.24. The maximum absolute atomic E-state index is 13.0. The molecule has 2 rings (SSSR count). The molecule has 0 aliphatic carbocycles. The number of halogens is 3. The van der Waals surface area contributed by atoms with Crippen LogP contribution in [0.15, 0.2) is 23.6 Å². The third kappa shape index (κ3) is 2.94. The smallest absolute Gasteiger partial charge is 0.126 e. The third-order valence-electron chi connectivity index (χ3n) is 2.23. The lowest BCUT2D eigenvalue weighted by Gasteiger charge is -2.09. The first-order valence-corrected chi connectivity index (χ1v) is 6.59. The minimum Gasteiger partial charge on any atom is -0.378 e. The molecule has 18 heavy (non-hydrogen) atoms. The number of anilines is 1. The van der Waals surface area contributed by atoms with Gasteiger partial charge in [0.15, 0.2) is 0 Å². The van der Waals surface area contributed by atoms with Gasteiger partial charge in [0.25, 0.3) is 0 Å². The van der Waals surface area contributed by atoms with Crippen LogP contribution < -0.4 is 5.32 Å². The zero-order valence-corrected chi connectivity index (χ0v) is 11.3. The second kappa shape index (κ2) is 5.57. The molecule has 2 nitrogen and oxygen atoms in total. The van der Waals surface area contributed by atoms with E-state index in [1.807, 2.05) is 0 Å². The zero-order valence-electron chi connectivity index (χ0n) is 9.01. The molecule has 0 radical (unpaired) electrons. The zero-order chi connectivity index (χ0) is 13.1. The molecule has 0 atom stereocenters. The van der Waals surface area contributed by atoms with E-state index in [1.54, 1.807) is 11.4 Å². The summed E-state index contributed by atoms with van der Waals surface area (Å²) in [5, 5.41) is 14.0. The Balaban J connectivity index is 2.13. The highest BCUT2D eigenvalue weighted by Gasteiger charge is 2.08. The van der Waals surface area contributed by atoms with Crippen molar-refractivity contribution < 1.29 is 4.39 Å². The van der Waals surface area contributed by atoms with Crippen molar-refractivity contribution in [2.24, 2.45) is 0 Å². The van der Waals surface area contributed by atoms with Gasteiger partial charge in [0.05, 0.1) is 21.3 Å². The maximum atomic E-state index is 13.0. The quantitative estimate of drug-likeness (QED) is 0.893. The molecule has 0 fully saturated rings. The normalized spacial score (nSPS) is 10.1. The summed E-state index contributed by atoms with van der Waals surface area (Å²) in [7, 11) is 0. The minimum absolute atomic E-state index is 0.233. The number of thiophene rings is 1. The lowest BCUT2D eigenvalue weighted by Crippen LogP contribution is -1.99. The fourth-order valence-electron chi connectivity index (χ4n) is 1.42. The van der Waals surface area contributed by atoms with E-state index in [0.717, 1.165) is 4.88 Å². The molecule has 2 aromatic rings. The fraction of sp³-hybridized carbons (Fsp3) is 0.0833. The van der Waals surface area contributed by atoms with Crippen molar-refractivity contribution in [1.82, 2.24) is 0 Å². The number of nitriles is 1. The molecule has 1 aromatic carbocycles. The van der Waals surface area contributed by atoms with Crippen molar-refractivity contribution in [3.8, 4) is 6.07 Å². The molecule has 1 N–H and O–H groups in total. The van der Waals surface area contributed by atoms with Gasteiger partial charge in [-0.05, 0) is 18.2 Å². The van der Waals surface area contributed by atoms with Crippen molar-refractivity contribution >= 4 is 40.2 Å². The summed E-state index contributed by atoms with van der Waals surface area (Å²) >= 11 is 13.3. The van der Waals surface area contributed by atoms with E-state index >= 15 is 0 Å². The van der Waals surface area contributed by atoms with Crippen molar-refractivity contribution in [3.05, 3.63) is 49.9 Å². The van der Waals surface area contributed by atoms with Gasteiger partial charge in [-0.25, -0.2) is 4.39 Å². The van der Waals surface area contributed by atoms with Crippen LogP contribution in [0.25, 0.3) is 0 Å². The molecule has 0 aliphatic rings. The summed E-state index contributed by atoms with van der Waals surface area (Å²) in [6.07, 6.45) is 0. The number of nitrogens with zero attached hydrogens (tertiary/aromatic N) is 1. The second-order valence-corrected chi connectivity index (χ2v) is 5.32. The Morgan fingerprint density at radius 1 is 1.28 bits per heavy atom. The SMILES string of the molecule is N#Cc1csc(CNc2c(Cl)cc(F)cc2Cl)c1. The summed E-state index contributed by atoms with van der Waals surface area (Å²) in [4.78, 5) is 0.975. The summed E-state index contributed by atoms with van der Waals surface area (Å²) < 4.78 is 13.0. The van der Waals surface area contributed by atoms with Gasteiger partial charge in [0, 0.05) is 16.8 Å². The maximum Gasteiger partial charge on any atom is 0.126 e. The fourth-order valence-corrected chi connectivity index (χ4v) is 2.76. The summed E-state index contributed by atoms with van der Waals surface area (Å²) in [5.41, 5.74) is 1.11. The van der Waals surface area contributed by atoms with Gasteiger partial charge in [0.1, 0.15) is 11.9 Å². The lowest BCUT2D eigenvalue weighted by atomic mass is 10.3. The van der Waals surface area contributed by atoms with Crippen LogP contribution in [0.1, 0.15) is 10.4 Å². The lowest BCUT2D eigenvalue weighted by molar-refractivity contribution is 0.628. The van der Waals surface area contributed by atoms with E-state index in [9.17, 15) is 4.39 Å². The number of hydrogen-bond donors (Lipinski definition) is 1. The Kier molecular flexibility index (Phi) is 4.07. The average Bonchev–Trinajstić information content (AvgIpc) is 2.75. The summed E-state index contributed by atoms with van der Waals surface area (Å²) in [5.74, 6) is -0.474. The monoisotopic (exact) mass is 300 g/mol. The topological polar surface area (TPSA) is 35.8 Å². The van der Waals surface area contributed by atoms with Gasteiger partial charge in [0.2, 0.25) is 0 Å². The van der Waals surface area contributed by atoms with Gasteiger partial charge >= 0.3 is 0 Å². The van der Waals surface area contributed by atoms with Crippen LogP contribution >= 0.6 is 34.5 Å². The molecule has 0 amide bonds. The van der Waals surface area contributed by atoms with Crippen LogP contribution in [0.3, 0.4) is 0 Å². The van der Waals surface area contributed by atoms with Gasteiger partial charge in [-0.2, -0.15) is 5.26 Å². The van der Waals surface area contributed by atoms with Crippen molar-refractivity contribution in [2.45, 2.75) is 6.54 Å². The number of hydrogen-bond acceptors (Lipinski definition) is 3. The molecular weight excluding hydrogens is 294 g/mol. The molecule has 0 unspecified atom stereocenters. The van der Waals surface area contributed by atoms with E-state index in [0.29, 0.717) is 17.8 Å². The minimum atomic E-state index is -0.474. The van der Waals surface area contributed by atoms with Gasteiger partial charge in [-0.1, -0.05) is 23.2 Å². The molecule has 0 spiro atoms. The van der Waals surface area contributed by atoms with E-state index in [1.165, 1.54) is 23.5 Å². The molecular formula is C12H7Cl2FN2S. The van der Waals surface area contributed by atoms with Gasteiger partial charge < -0.3 is 5.32 Å². The Morgan fingerprint density at radius 3 is 2.50 bits per heavy atom. The highest BCUT2D eigenvalue weighted by molar-refractivity contribution is 7.10. The Morgan fingerprint density at radius 2 is 1.94 bits per heavy atom. The first kappa shape index (κ1) is 13.2. The van der Waals surface area contributed by atoms with Crippen LogP contribution in [-0.2, 0) is 6.54 Å². The van der Waals surface area contributed by atoms with E-state index in [2.05, 4.69) is 11.4 Å². The van der Waals surface area contributed by atoms with Crippen molar-refractivity contribution in [2.75, 3.05) is 5.32 Å². The Labute approximate surface area is 118 Å². The van der Waals surface area contributed by atoms with Crippen molar-refractivity contribution in [1.29, 1.82) is 5.26 Å². The second-order valence-electron chi connectivity index (χ2n) is 3.51. The van der Waals surface area contributed by atoms with Gasteiger partial charge in [-0.15, -0.1) is 11.3 Å². The number of benzene rings is 1. The van der Waals surface area contributed by atoms with E-state index < -0.39 is 5.82 Å². The van der Waals surface area contributed by atoms with Crippen LogP contribution in [0.5, 0.6) is 0 Å². The van der Waals surface area contributed by atoms with Crippen LogP contribution in [0, 0.1) is 17.1 Å². The molecule has 1 aromatic heterocycles. The number of rotatable bonds is 3. The van der Waals surface area contributed by atoms with Crippen LogP contribution in [-0.4, -0.2) is 0 Å². The molecule has 0 saturated heterocycles. The molecule has 92 valence electrons. The standard InChI is InChI=1S/C12H7Cl2FN2S/c13-10-2-8(15)3-11(14)12(10)17-5-9-1-7(4-16)6-18-9/h1-3,6,17H,5H2. The predicted octanol–water partition coefficient (Wildman–Crippen LogP) is 4.68. The highest BCUT2D eigenvalue weighted by atomic mass is 35.5. The number of nitrogens with one attached hydrogen (secondary N) is 1. The first-order chi connectivity index (χ1) is 8.60. The highest BCUT2D eigenvalue weighted by Crippen LogP contribution is 2.32.